The fourth-order valence-electron chi connectivity index (χ4n) is 3.51. The summed E-state index contributed by atoms with van der Waals surface area (Å²) in [5, 5.41) is 13.8. The average Bonchev–Trinajstić information content (AvgIpc) is 3.29. The Morgan fingerprint density at radius 2 is 2.00 bits per heavy atom. The highest BCUT2D eigenvalue weighted by Gasteiger charge is 2.28. The van der Waals surface area contributed by atoms with Gasteiger partial charge in [0.2, 0.25) is 11.7 Å². The lowest BCUT2D eigenvalue weighted by Crippen LogP contribution is -2.12. The van der Waals surface area contributed by atoms with Crippen molar-refractivity contribution >= 4 is 17.6 Å². The summed E-state index contributed by atoms with van der Waals surface area (Å²) in [6.45, 7) is 5.75. The second-order valence-electron chi connectivity index (χ2n) is 7.48. The minimum Gasteiger partial charge on any atom is -0.481 e. The van der Waals surface area contributed by atoms with E-state index >= 15 is 0 Å². The molecule has 0 amide bonds. The van der Waals surface area contributed by atoms with E-state index in [2.05, 4.69) is 15.1 Å². The number of hydrogen-bond acceptors (Lipinski definition) is 6. The van der Waals surface area contributed by atoms with Gasteiger partial charge in [-0.2, -0.15) is 4.98 Å². The predicted molar refractivity (Wildman–Crippen MR) is 107 cm³/mol. The second kappa shape index (κ2) is 7.48. The Hall–Kier alpha value is -2.93. The molecular formula is C21H20ClN3O4. The Bertz CT molecular complexity index is 1090. The van der Waals surface area contributed by atoms with Crippen molar-refractivity contribution in [1.82, 2.24) is 15.1 Å². The van der Waals surface area contributed by atoms with Crippen LogP contribution in [0.5, 0.6) is 5.88 Å². The highest BCUT2D eigenvalue weighted by molar-refractivity contribution is 6.32. The van der Waals surface area contributed by atoms with Crippen molar-refractivity contribution in [1.29, 1.82) is 0 Å². The highest BCUT2D eigenvalue weighted by Crippen LogP contribution is 2.34. The third kappa shape index (κ3) is 3.82. The molecule has 1 aliphatic rings. The first-order valence-electron chi connectivity index (χ1n) is 9.33. The molecule has 0 radical (unpaired) electrons. The first-order valence-corrected chi connectivity index (χ1v) is 9.71. The van der Waals surface area contributed by atoms with Gasteiger partial charge in [0.1, 0.15) is 5.02 Å². The van der Waals surface area contributed by atoms with Gasteiger partial charge in [0, 0.05) is 11.8 Å². The number of aryl methyl sites for hydroxylation is 1. The normalized spacial score (nSPS) is 15.6. The Morgan fingerprint density at radius 1 is 1.28 bits per heavy atom. The lowest BCUT2D eigenvalue weighted by molar-refractivity contribution is -0.141. The van der Waals surface area contributed by atoms with Crippen LogP contribution in [-0.2, 0) is 17.6 Å². The van der Waals surface area contributed by atoms with Gasteiger partial charge < -0.3 is 14.4 Å². The summed E-state index contributed by atoms with van der Waals surface area (Å²) in [6.07, 6.45) is 2.61. The number of carbonyl (C=O) groups is 1. The van der Waals surface area contributed by atoms with Crippen LogP contribution in [0, 0.1) is 12.8 Å². The van der Waals surface area contributed by atoms with Gasteiger partial charge >= 0.3 is 5.97 Å². The van der Waals surface area contributed by atoms with Gasteiger partial charge in [0.25, 0.3) is 5.89 Å². The monoisotopic (exact) mass is 413 g/mol. The molecule has 1 unspecified atom stereocenters. The summed E-state index contributed by atoms with van der Waals surface area (Å²) in [7, 11) is 0. The molecule has 4 rings (SSSR count). The standard InChI is InChI=1S/C21H20ClN3O4/c1-10(2)28-20-17(22)8-15(9-23-20)19-24-18(25-29-19)16-7-13-6-14(21(26)27)5-12(13)4-11(16)3/h4,7-10,14H,5-6H2,1-3H3,(H,26,27). The Kier molecular flexibility index (Phi) is 5.00. The van der Waals surface area contributed by atoms with E-state index in [0.717, 1.165) is 22.3 Å². The molecule has 8 heteroatoms. The largest absolute Gasteiger partial charge is 0.481 e. The first kappa shape index (κ1) is 19.4. The predicted octanol–water partition coefficient (Wildman–Crippen LogP) is 4.35. The fraction of sp³-hybridized carbons (Fsp3) is 0.333. The third-order valence-corrected chi connectivity index (χ3v) is 5.17. The molecule has 1 N–H and O–H groups in total. The van der Waals surface area contributed by atoms with Crippen molar-refractivity contribution in [3.05, 3.63) is 46.1 Å². The van der Waals surface area contributed by atoms with Gasteiger partial charge in [-0.15, -0.1) is 0 Å². The van der Waals surface area contributed by atoms with Gasteiger partial charge in [-0.25, -0.2) is 4.98 Å². The number of hydrogen-bond donors (Lipinski definition) is 1. The molecule has 7 nitrogen and oxygen atoms in total. The maximum absolute atomic E-state index is 11.3. The van der Waals surface area contributed by atoms with Crippen molar-refractivity contribution < 1.29 is 19.2 Å². The van der Waals surface area contributed by atoms with E-state index < -0.39 is 5.97 Å². The summed E-state index contributed by atoms with van der Waals surface area (Å²) < 4.78 is 11.0. The number of fused-ring (bicyclic) bond motifs is 1. The lowest BCUT2D eigenvalue weighted by atomic mass is 10.0. The molecule has 0 saturated heterocycles. The number of halogens is 1. The molecule has 0 spiro atoms. The van der Waals surface area contributed by atoms with Crippen molar-refractivity contribution in [3.8, 4) is 28.7 Å². The molecule has 29 heavy (non-hydrogen) atoms. The molecule has 2 aromatic heterocycles. The van der Waals surface area contributed by atoms with Gasteiger partial charge in [-0.05, 0) is 62.4 Å². The minimum atomic E-state index is -0.767. The Labute approximate surface area is 172 Å². The number of carboxylic acids is 1. The summed E-state index contributed by atoms with van der Waals surface area (Å²) >= 11 is 6.25. The Balaban J connectivity index is 1.63. The van der Waals surface area contributed by atoms with Crippen molar-refractivity contribution in [2.45, 2.75) is 39.7 Å². The zero-order chi connectivity index (χ0) is 20.7. The number of nitrogens with zero attached hydrogens (tertiary/aromatic N) is 3. The summed E-state index contributed by atoms with van der Waals surface area (Å²) in [5.41, 5.74) is 4.47. The van der Waals surface area contributed by atoms with Crippen LogP contribution in [0.2, 0.25) is 5.02 Å². The molecular weight excluding hydrogens is 394 g/mol. The molecule has 2 heterocycles. The molecule has 1 aliphatic carbocycles. The van der Waals surface area contributed by atoms with Crippen LogP contribution < -0.4 is 4.74 Å². The van der Waals surface area contributed by atoms with Crippen LogP contribution in [0.4, 0.5) is 0 Å². The first-order chi connectivity index (χ1) is 13.8. The van der Waals surface area contributed by atoms with Gasteiger partial charge in [-0.1, -0.05) is 22.8 Å². The van der Waals surface area contributed by atoms with Crippen LogP contribution in [0.3, 0.4) is 0 Å². The summed E-state index contributed by atoms with van der Waals surface area (Å²) in [4.78, 5) is 20.0. The zero-order valence-corrected chi connectivity index (χ0v) is 17.0. The van der Waals surface area contributed by atoms with Crippen LogP contribution in [-0.4, -0.2) is 32.3 Å². The lowest BCUT2D eigenvalue weighted by Gasteiger charge is -2.09. The molecule has 3 aromatic rings. The van der Waals surface area contributed by atoms with Crippen LogP contribution in [0.15, 0.2) is 28.9 Å². The number of ether oxygens (including phenoxy) is 1. The van der Waals surface area contributed by atoms with Gasteiger partial charge in [0.05, 0.1) is 17.6 Å². The molecule has 1 atom stereocenters. The SMILES string of the molecule is Cc1cc2c(cc1-c1noc(-c3cnc(OC(C)C)c(Cl)c3)n1)CC(C(=O)O)C2. The molecule has 1 aromatic carbocycles. The van der Waals surface area contributed by atoms with E-state index in [1.54, 1.807) is 12.3 Å². The summed E-state index contributed by atoms with van der Waals surface area (Å²) in [6, 6.07) is 5.66. The van der Waals surface area contributed by atoms with E-state index in [1.165, 1.54) is 0 Å². The van der Waals surface area contributed by atoms with E-state index in [4.69, 9.17) is 20.9 Å². The smallest absolute Gasteiger partial charge is 0.307 e. The number of aliphatic carboxylic acids is 1. The number of rotatable bonds is 5. The van der Waals surface area contributed by atoms with E-state index in [9.17, 15) is 9.90 Å². The highest BCUT2D eigenvalue weighted by atomic mass is 35.5. The number of carboxylic acid groups (broad SMARTS) is 1. The van der Waals surface area contributed by atoms with Crippen LogP contribution in [0.25, 0.3) is 22.8 Å². The molecule has 0 fully saturated rings. The summed E-state index contributed by atoms with van der Waals surface area (Å²) in [5.74, 6) is -0.0455. The zero-order valence-electron chi connectivity index (χ0n) is 16.3. The second-order valence-corrected chi connectivity index (χ2v) is 7.89. The van der Waals surface area contributed by atoms with Gasteiger partial charge in [0.15, 0.2) is 0 Å². The maximum atomic E-state index is 11.3. The quantitative estimate of drug-likeness (QED) is 0.663. The van der Waals surface area contributed by atoms with E-state index in [1.807, 2.05) is 32.9 Å². The molecule has 0 saturated carbocycles. The Morgan fingerprint density at radius 3 is 2.66 bits per heavy atom. The number of aromatic nitrogens is 3. The van der Waals surface area contributed by atoms with Crippen LogP contribution >= 0.6 is 11.6 Å². The van der Waals surface area contributed by atoms with Crippen molar-refractivity contribution in [3.63, 3.8) is 0 Å². The molecule has 150 valence electrons. The fourth-order valence-corrected chi connectivity index (χ4v) is 3.72. The third-order valence-electron chi connectivity index (χ3n) is 4.90. The number of pyridine rings is 1. The minimum absolute atomic E-state index is 0.0376. The van der Waals surface area contributed by atoms with Crippen molar-refractivity contribution in [2.75, 3.05) is 0 Å². The molecule has 0 aliphatic heterocycles. The average molecular weight is 414 g/mol. The van der Waals surface area contributed by atoms with E-state index in [-0.39, 0.29) is 12.0 Å². The number of benzene rings is 1. The van der Waals surface area contributed by atoms with Gasteiger partial charge in [-0.3, -0.25) is 4.79 Å². The van der Waals surface area contributed by atoms with E-state index in [0.29, 0.717) is 41.0 Å². The van der Waals surface area contributed by atoms with Crippen molar-refractivity contribution in [2.24, 2.45) is 5.92 Å². The maximum Gasteiger partial charge on any atom is 0.307 e. The topological polar surface area (TPSA) is 98.3 Å². The molecule has 0 bridgehead atoms. The van der Waals surface area contributed by atoms with Crippen LogP contribution in [0.1, 0.15) is 30.5 Å².